The number of amides is 1. The van der Waals surface area contributed by atoms with E-state index in [0.717, 1.165) is 0 Å². The van der Waals surface area contributed by atoms with Crippen molar-refractivity contribution in [2.24, 2.45) is 0 Å². The first-order valence-electron chi connectivity index (χ1n) is 8.85. The zero-order valence-corrected chi connectivity index (χ0v) is 15.8. The lowest BCUT2D eigenvalue weighted by atomic mass is 9.94. The number of rotatable bonds is 3. The molecule has 0 bridgehead atoms. The van der Waals surface area contributed by atoms with Gasteiger partial charge in [-0.2, -0.15) is 0 Å². The van der Waals surface area contributed by atoms with Crippen LogP contribution in [0.4, 0.5) is 10.1 Å². The summed E-state index contributed by atoms with van der Waals surface area (Å²) in [7, 11) is 0. The molecule has 1 N–H and O–H groups in total. The van der Waals surface area contributed by atoms with Gasteiger partial charge in [0.25, 0.3) is 11.7 Å². The molecule has 3 aromatic rings. The molecular formula is C23H15ClFNO3. The Kier molecular flexibility index (Phi) is 4.91. The van der Waals surface area contributed by atoms with Crippen LogP contribution in [0.5, 0.6) is 0 Å². The number of para-hydroxylation sites is 1. The number of anilines is 1. The van der Waals surface area contributed by atoms with Crippen LogP contribution in [0.2, 0.25) is 5.02 Å². The molecule has 0 unspecified atom stereocenters. The first-order valence-corrected chi connectivity index (χ1v) is 9.23. The smallest absolute Gasteiger partial charge is 0.300 e. The van der Waals surface area contributed by atoms with E-state index in [2.05, 4.69) is 0 Å². The molecule has 4 nitrogen and oxygen atoms in total. The van der Waals surface area contributed by atoms with Gasteiger partial charge in [-0.25, -0.2) is 4.39 Å². The summed E-state index contributed by atoms with van der Waals surface area (Å²) in [4.78, 5) is 27.0. The molecule has 1 atom stereocenters. The van der Waals surface area contributed by atoms with Crippen molar-refractivity contribution in [3.05, 3.63) is 106 Å². The van der Waals surface area contributed by atoms with Crippen LogP contribution in [0.25, 0.3) is 5.76 Å². The fourth-order valence-corrected chi connectivity index (χ4v) is 3.57. The molecule has 144 valence electrons. The molecule has 1 aliphatic rings. The normalized spacial score (nSPS) is 18.3. The summed E-state index contributed by atoms with van der Waals surface area (Å²) in [5.41, 5.74) is 0.678. The van der Waals surface area contributed by atoms with Crippen molar-refractivity contribution in [2.75, 3.05) is 4.90 Å². The highest BCUT2D eigenvalue weighted by Crippen LogP contribution is 2.42. The second kappa shape index (κ2) is 7.53. The van der Waals surface area contributed by atoms with Gasteiger partial charge in [0.2, 0.25) is 0 Å². The Bertz CT molecular complexity index is 1130. The lowest BCUT2D eigenvalue weighted by Crippen LogP contribution is -2.29. The summed E-state index contributed by atoms with van der Waals surface area (Å²) in [5, 5.41) is 11.4. The van der Waals surface area contributed by atoms with E-state index < -0.39 is 23.5 Å². The zero-order valence-electron chi connectivity index (χ0n) is 15.0. The molecule has 6 heteroatoms. The SMILES string of the molecule is O=C1C(=O)N(c2ccccc2)[C@@H](c2ccccc2F)/C1=C(\O)c1ccc(Cl)cc1. The average Bonchev–Trinajstić information content (AvgIpc) is 3.00. The third kappa shape index (κ3) is 3.30. The molecular weight excluding hydrogens is 393 g/mol. The van der Waals surface area contributed by atoms with Gasteiger partial charge in [-0.3, -0.25) is 14.5 Å². The minimum absolute atomic E-state index is 0.117. The zero-order chi connectivity index (χ0) is 20.5. The summed E-state index contributed by atoms with van der Waals surface area (Å²) in [5.74, 6) is -2.68. The number of aliphatic hydroxyl groups excluding tert-OH is 1. The van der Waals surface area contributed by atoms with Crippen LogP contribution in [-0.2, 0) is 9.59 Å². The van der Waals surface area contributed by atoms with Crippen LogP contribution in [-0.4, -0.2) is 16.8 Å². The summed E-state index contributed by atoms with van der Waals surface area (Å²) >= 11 is 5.90. The highest BCUT2D eigenvalue weighted by molar-refractivity contribution is 6.51. The molecule has 0 radical (unpaired) electrons. The third-order valence-electron chi connectivity index (χ3n) is 4.80. The number of aliphatic hydroxyl groups is 1. The Morgan fingerprint density at radius 2 is 1.52 bits per heavy atom. The second-order valence-electron chi connectivity index (χ2n) is 6.53. The molecule has 0 aromatic heterocycles. The van der Waals surface area contributed by atoms with Crippen LogP contribution < -0.4 is 4.90 Å². The minimum Gasteiger partial charge on any atom is -0.507 e. The Balaban J connectivity index is 1.97. The van der Waals surface area contributed by atoms with E-state index in [9.17, 15) is 19.1 Å². The van der Waals surface area contributed by atoms with E-state index in [4.69, 9.17) is 11.6 Å². The van der Waals surface area contributed by atoms with Crippen LogP contribution >= 0.6 is 11.6 Å². The van der Waals surface area contributed by atoms with Gasteiger partial charge in [0.15, 0.2) is 0 Å². The van der Waals surface area contributed by atoms with Crippen molar-refractivity contribution < 1.29 is 19.1 Å². The van der Waals surface area contributed by atoms with Crippen molar-refractivity contribution in [1.29, 1.82) is 0 Å². The van der Waals surface area contributed by atoms with E-state index in [1.165, 1.54) is 35.2 Å². The minimum atomic E-state index is -1.10. The number of hydrogen-bond donors (Lipinski definition) is 1. The van der Waals surface area contributed by atoms with E-state index in [1.54, 1.807) is 48.5 Å². The van der Waals surface area contributed by atoms with Gasteiger partial charge in [-0.15, -0.1) is 0 Å². The van der Waals surface area contributed by atoms with E-state index in [0.29, 0.717) is 16.3 Å². The molecule has 0 aliphatic carbocycles. The molecule has 29 heavy (non-hydrogen) atoms. The molecule has 1 heterocycles. The summed E-state index contributed by atoms with van der Waals surface area (Å²) < 4.78 is 14.7. The highest BCUT2D eigenvalue weighted by Gasteiger charge is 2.47. The quantitative estimate of drug-likeness (QED) is 0.373. The molecule has 1 fully saturated rings. The fraction of sp³-hybridized carbons (Fsp3) is 0.0435. The van der Waals surface area contributed by atoms with Gasteiger partial charge in [0, 0.05) is 21.8 Å². The van der Waals surface area contributed by atoms with Gasteiger partial charge in [0.05, 0.1) is 11.6 Å². The van der Waals surface area contributed by atoms with Gasteiger partial charge in [0.1, 0.15) is 11.6 Å². The molecule has 1 amide bonds. The lowest BCUT2D eigenvalue weighted by molar-refractivity contribution is -0.132. The predicted molar refractivity (Wildman–Crippen MR) is 109 cm³/mol. The summed E-state index contributed by atoms with van der Waals surface area (Å²) in [6, 6.07) is 19.5. The Morgan fingerprint density at radius 1 is 0.897 bits per heavy atom. The fourth-order valence-electron chi connectivity index (χ4n) is 3.44. The van der Waals surface area contributed by atoms with Crippen LogP contribution in [0, 0.1) is 5.82 Å². The predicted octanol–water partition coefficient (Wildman–Crippen LogP) is 5.11. The molecule has 3 aromatic carbocycles. The van der Waals surface area contributed by atoms with E-state index >= 15 is 0 Å². The number of carbonyl (C=O) groups is 2. The second-order valence-corrected chi connectivity index (χ2v) is 6.97. The number of benzene rings is 3. The largest absolute Gasteiger partial charge is 0.507 e. The molecule has 1 saturated heterocycles. The molecule has 4 rings (SSSR count). The number of halogens is 2. The van der Waals surface area contributed by atoms with Gasteiger partial charge < -0.3 is 5.11 Å². The summed E-state index contributed by atoms with van der Waals surface area (Å²) in [6.45, 7) is 0. The number of hydrogen-bond acceptors (Lipinski definition) is 3. The van der Waals surface area contributed by atoms with Crippen molar-refractivity contribution in [3.8, 4) is 0 Å². The van der Waals surface area contributed by atoms with Crippen LogP contribution in [0.3, 0.4) is 0 Å². The Labute approximate surface area is 171 Å². The number of nitrogens with zero attached hydrogens (tertiary/aromatic N) is 1. The maximum absolute atomic E-state index is 14.7. The topological polar surface area (TPSA) is 57.6 Å². The number of carbonyl (C=O) groups excluding carboxylic acids is 2. The maximum atomic E-state index is 14.7. The highest BCUT2D eigenvalue weighted by atomic mass is 35.5. The van der Waals surface area contributed by atoms with Crippen LogP contribution in [0.1, 0.15) is 17.2 Å². The molecule has 0 saturated carbocycles. The Hall–Kier alpha value is -3.44. The van der Waals surface area contributed by atoms with E-state index in [-0.39, 0.29) is 16.9 Å². The van der Waals surface area contributed by atoms with Gasteiger partial charge in [-0.1, -0.05) is 48.0 Å². The number of ketones is 1. The van der Waals surface area contributed by atoms with E-state index in [1.807, 2.05) is 0 Å². The summed E-state index contributed by atoms with van der Waals surface area (Å²) in [6.07, 6.45) is 0. The standard InChI is InChI=1S/C23H15ClFNO3/c24-15-12-10-14(11-13-15)21(27)19-20(17-8-4-5-9-18(17)25)26(23(29)22(19)28)16-6-2-1-3-7-16/h1-13,20,27H/b21-19+/t20-/m0/s1. The monoisotopic (exact) mass is 407 g/mol. The lowest BCUT2D eigenvalue weighted by Gasteiger charge is -2.25. The third-order valence-corrected chi connectivity index (χ3v) is 5.05. The Morgan fingerprint density at radius 3 is 2.17 bits per heavy atom. The van der Waals surface area contributed by atoms with Crippen molar-refractivity contribution in [3.63, 3.8) is 0 Å². The first-order chi connectivity index (χ1) is 14.0. The van der Waals surface area contributed by atoms with Crippen molar-refractivity contribution in [1.82, 2.24) is 0 Å². The van der Waals surface area contributed by atoms with Crippen LogP contribution in [0.15, 0.2) is 84.4 Å². The van der Waals surface area contributed by atoms with Gasteiger partial charge in [-0.05, 0) is 42.5 Å². The van der Waals surface area contributed by atoms with Gasteiger partial charge >= 0.3 is 0 Å². The van der Waals surface area contributed by atoms with Crippen molar-refractivity contribution in [2.45, 2.75) is 6.04 Å². The first kappa shape index (κ1) is 18.9. The van der Waals surface area contributed by atoms with Crippen molar-refractivity contribution >= 4 is 34.7 Å². The molecule has 0 spiro atoms. The average molecular weight is 408 g/mol. The molecule has 1 aliphatic heterocycles. The number of Topliss-reactive ketones (excluding diaryl/α,β-unsaturated/α-hetero) is 1. The maximum Gasteiger partial charge on any atom is 0.300 e.